The number of carbonyl (C=O) groups is 2. The molecule has 2 atom stereocenters. The average Bonchev–Trinajstić information content (AvgIpc) is 2.45. The third-order valence-electron chi connectivity index (χ3n) is 3.09. The van der Waals surface area contributed by atoms with Crippen LogP contribution in [-0.4, -0.2) is 35.8 Å². The lowest BCUT2D eigenvalue weighted by atomic mass is 9.95. The number of rotatable bonds is 4. The normalized spacial score (nSPS) is 22.0. The molecule has 2 unspecified atom stereocenters. The van der Waals surface area contributed by atoms with E-state index in [0.717, 1.165) is 10.6 Å². The van der Waals surface area contributed by atoms with E-state index in [4.69, 9.17) is 0 Å². The smallest absolute Gasteiger partial charge is 0.253 e. The number of thioether (sulfide) groups is 1. The van der Waals surface area contributed by atoms with Gasteiger partial charge in [0.05, 0.1) is 11.8 Å². The first-order chi connectivity index (χ1) is 9.61. The molecule has 6 nitrogen and oxygen atoms in total. The number of aliphatic hydroxyl groups excluding tert-OH is 1. The van der Waals surface area contributed by atoms with Gasteiger partial charge in [0.2, 0.25) is 5.91 Å². The van der Waals surface area contributed by atoms with E-state index < -0.39 is 23.8 Å². The van der Waals surface area contributed by atoms with Gasteiger partial charge in [-0.15, -0.1) is 11.8 Å². The van der Waals surface area contributed by atoms with Crippen molar-refractivity contribution in [3.63, 3.8) is 0 Å². The second kappa shape index (κ2) is 6.62. The van der Waals surface area contributed by atoms with Crippen LogP contribution in [0.4, 0.5) is 5.69 Å². The summed E-state index contributed by atoms with van der Waals surface area (Å²) < 4.78 is 0. The van der Waals surface area contributed by atoms with Crippen LogP contribution in [0.25, 0.3) is 0 Å². The summed E-state index contributed by atoms with van der Waals surface area (Å²) in [6.45, 7) is 0.396. The highest BCUT2D eigenvalue weighted by Crippen LogP contribution is 2.18. The molecule has 4 N–H and O–H groups in total. The summed E-state index contributed by atoms with van der Waals surface area (Å²) in [5.41, 5.74) is 5.93. The van der Waals surface area contributed by atoms with E-state index in [1.807, 2.05) is 24.5 Å². The van der Waals surface area contributed by atoms with Gasteiger partial charge in [-0.1, -0.05) is 6.07 Å². The van der Waals surface area contributed by atoms with Gasteiger partial charge in [0.1, 0.15) is 5.92 Å². The number of hydrogen-bond donors (Lipinski definition) is 4. The zero-order valence-corrected chi connectivity index (χ0v) is 11.9. The molecule has 1 aromatic rings. The van der Waals surface area contributed by atoms with Crippen molar-refractivity contribution in [2.75, 3.05) is 18.2 Å². The molecule has 108 valence electrons. The monoisotopic (exact) mass is 295 g/mol. The van der Waals surface area contributed by atoms with E-state index in [-0.39, 0.29) is 0 Å². The predicted molar refractivity (Wildman–Crippen MR) is 77.1 cm³/mol. The van der Waals surface area contributed by atoms with Gasteiger partial charge in [-0.05, 0) is 30.9 Å². The zero-order valence-electron chi connectivity index (χ0n) is 11.1. The molecule has 0 radical (unpaired) electrons. The average molecular weight is 295 g/mol. The van der Waals surface area contributed by atoms with Gasteiger partial charge in [0, 0.05) is 11.4 Å². The molecular weight excluding hydrogens is 278 g/mol. The van der Waals surface area contributed by atoms with Crippen LogP contribution in [0.1, 0.15) is 6.42 Å². The number of anilines is 1. The maximum absolute atomic E-state index is 11.9. The lowest BCUT2D eigenvalue weighted by Crippen LogP contribution is -2.52. The minimum Gasteiger partial charge on any atom is -0.392 e. The van der Waals surface area contributed by atoms with Crippen LogP contribution in [0, 0.1) is 5.92 Å². The second-order valence-electron chi connectivity index (χ2n) is 4.47. The molecule has 1 heterocycles. The molecule has 20 heavy (non-hydrogen) atoms. The fourth-order valence-electron chi connectivity index (χ4n) is 2.00. The molecule has 1 aromatic carbocycles. The number of hydrogen-bond acceptors (Lipinski definition) is 5. The lowest BCUT2D eigenvalue weighted by molar-refractivity contribution is -0.142. The fourth-order valence-corrected chi connectivity index (χ4v) is 2.46. The van der Waals surface area contributed by atoms with Crippen molar-refractivity contribution in [1.82, 2.24) is 10.7 Å². The van der Waals surface area contributed by atoms with E-state index in [1.54, 1.807) is 17.8 Å². The molecule has 0 aliphatic carbocycles. The number of hydrazine groups is 1. The highest BCUT2D eigenvalue weighted by molar-refractivity contribution is 7.98. The van der Waals surface area contributed by atoms with Crippen molar-refractivity contribution in [3.05, 3.63) is 24.3 Å². The first-order valence-corrected chi connectivity index (χ1v) is 7.50. The van der Waals surface area contributed by atoms with Crippen LogP contribution < -0.4 is 16.2 Å². The molecule has 1 saturated heterocycles. The third-order valence-corrected chi connectivity index (χ3v) is 3.81. The largest absolute Gasteiger partial charge is 0.392 e. The topological polar surface area (TPSA) is 90.5 Å². The van der Waals surface area contributed by atoms with E-state index in [0.29, 0.717) is 13.0 Å². The first-order valence-electron chi connectivity index (χ1n) is 6.27. The molecular formula is C13H17N3O3S. The molecule has 1 aliphatic heterocycles. The number of piperidine rings is 1. The van der Waals surface area contributed by atoms with Crippen molar-refractivity contribution in [3.8, 4) is 0 Å². The molecule has 0 spiro atoms. The molecule has 0 bridgehead atoms. The standard InChI is InChI=1S/C13H17N3O3S/c1-20-9-4-2-3-8(7-9)15-16-13(19)11-10(17)5-6-14-12(11)18/h2-4,7,10-11,15,17H,5-6H2,1H3,(H,14,18)(H,16,19). The molecule has 2 amide bonds. The summed E-state index contributed by atoms with van der Waals surface area (Å²) in [7, 11) is 0. The zero-order chi connectivity index (χ0) is 14.5. The summed E-state index contributed by atoms with van der Waals surface area (Å²) in [6.07, 6.45) is 1.40. The van der Waals surface area contributed by atoms with E-state index in [2.05, 4.69) is 16.2 Å². The van der Waals surface area contributed by atoms with Crippen LogP contribution >= 0.6 is 11.8 Å². The van der Waals surface area contributed by atoms with Gasteiger partial charge in [-0.3, -0.25) is 20.4 Å². The summed E-state index contributed by atoms with van der Waals surface area (Å²) in [5.74, 6) is -2.05. The van der Waals surface area contributed by atoms with Crippen LogP contribution in [0.2, 0.25) is 0 Å². The summed E-state index contributed by atoms with van der Waals surface area (Å²) in [4.78, 5) is 24.6. The Morgan fingerprint density at radius 3 is 3.00 bits per heavy atom. The fraction of sp³-hybridized carbons (Fsp3) is 0.385. The minimum absolute atomic E-state index is 0.381. The maximum atomic E-state index is 11.9. The van der Waals surface area contributed by atoms with Gasteiger partial charge in [0.15, 0.2) is 0 Å². The summed E-state index contributed by atoms with van der Waals surface area (Å²) in [5, 5.41) is 12.3. The van der Waals surface area contributed by atoms with Gasteiger partial charge in [0.25, 0.3) is 5.91 Å². The van der Waals surface area contributed by atoms with Gasteiger partial charge in [-0.2, -0.15) is 0 Å². The van der Waals surface area contributed by atoms with Crippen molar-refractivity contribution in [2.24, 2.45) is 5.92 Å². The number of amides is 2. The van der Waals surface area contributed by atoms with Crippen molar-refractivity contribution in [1.29, 1.82) is 0 Å². The Bertz CT molecular complexity index is 509. The molecule has 0 aromatic heterocycles. The lowest BCUT2D eigenvalue weighted by Gasteiger charge is -2.26. The van der Waals surface area contributed by atoms with Crippen molar-refractivity contribution in [2.45, 2.75) is 17.4 Å². The third kappa shape index (κ3) is 3.43. The van der Waals surface area contributed by atoms with Crippen LogP contribution in [0.5, 0.6) is 0 Å². The predicted octanol–water partition coefficient (Wildman–Crippen LogP) is 0.349. The second-order valence-corrected chi connectivity index (χ2v) is 5.35. The Morgan fingerprint density at radius 2 is 2.30 bits per heavy atom. The summed E-state index contributed by atoms with van der Waals surface area (Å²) >= 11 is 1.59. The van der Waals surface area contributed by atoms with Gasteiger partial charge >= 0.3 is 0 Å². The minimum atomic E-state index is -1.07. The molecule has 2 rings (SSSR count). The Hall–Kier alpha value is -1.73. The maximum Gasteiger partial charge on any atom is 0.253 e. The van der Waals surface area contributed by atoms with Crippen molar-refractivity contribution >= 4 is 29.3 Å². The van der Waals surface area contributed by atoms with Crippen molar-refractivity contribution < 1.29 is 14.7 Å². The number of carbonyl (C=O) groups excluding carboxylic acids is 2. The Kier molecular flexibility index (Phi) is 4.86. The molecule has 1 fully saturated rings. The Balaban J connectivity index is 1.95. The molecule has 0 saturated carbocycles. The van der Waals surface area contributed by atoms with E-state index in [1.165, 1.54) is 0 Å². The summed E-state index contributed by atoms with van der Waals surface area (Å²) in [6, 6.07) is 7.50. The van der Waals surface area contributed by atoms with E-state index in [9.17, 15) is 14.7 Å². The number of benzene rings is 1. The van der Waals surface area contributed by atoms with Gasteiger partial charge in [-0.25, -0.2) is 0 Å². The highest BCUT2D eigenvalue weighted by Gasteiger charge is 2.36. The highest BCUT2D eigenvalue weighted by atomic mass is 32.2. The SMILES string of the molecule is CSc1cccc(NNC(=O)C2C(=O)NCCC2O)c1. The number of aliphatic hydroxyl groups is 1. The van der Waals surface area contributed by atoms with Crippen LogP contribution in [0.15, 0.2) is 29.2 Å². The molecule has 7 heteroatoms. The van der Waals surface area contributed by atoms with E-state index >= 15 is 0 Å². The molecule has 1 aliphatic rings. The van der Waals surface area contributed by atoms with Gasteiger partial charge < -0.3 is 10.4 Å². The van der Waals surface area contributed by atoms with Crippen LogP contribution in [0.3, 0.4) is 0 Å². The van der Waals surface area contributed by atoms with Crippen LogP contribution in [-0.2, 0) is 9.59 Å². The number of nitrogens with one attached hydrogen (secondary N) is 3. The Morgan fingerprint density at radius 1 is 1.50 bits per heavy atom. The first kappa shape index (κ1) is 14.7. The Labute approximate surface area is 121 Å². The quantitative estimate of drug-likeness (QED) is 0.365.